The van der Waals surface area contributed by atoms with Crippen LogP contribution < -0.4 is 9.47 Å². The van der Waals surface area contributed by atoms with Gasteiger partial charge in [0, 0.05) is 0 Å². The van der Waals surface area contributed by atoms with Crippen molar-refractivity contribution in [1.29, 1.82) is 0 Å². The second-order valence-corrected chi connectivity index (χ2v) is 10.8. The molecule has 0 amide bonds. The highest BCUT2D eigenvalue weighted by Gasteiger charge is 2.34. The van der Waals surface area contributed by atoms with Crippen LogP contribution in [-0.4, -0.2) is 29.3 Å². The predicted octanol–water partition coefficient (Wildman–Crippen LogP) is 9.67. The molecular formula is C35H43FO5. The Labute approximate surface area is 243 Å². The van der Waals surface area contributed by atoms with Gasteiger partial charge in [0.15, 0.2) is 0 Å². The Balaban J connectivity index is 1.80. The predicted molar refractivity (Wildman–Crippen MR) is 162 cm³/mol. The zero-order chi connectivity index (χ0) is 29.7. The van der Waals surface area contributed by atoms with E-state index in [1.807, 2.05) is 37.3 Å². The van der Waals surface area contributed by atoms with E-state index in [-0.39, 0.29) is 17.7 Å². The molecule has 0 spiro atoms. The third-order valence-corrected chi connectivity index (χ3v) is 7.25. The van der Waals surface area contributed by atoms with E-state index in [1.54, 1.807) is 36.4 Å². The summed E-state index contributed by atoms with van der Waals surface area (Å²) in [5, 5.41) is 9.30. The highest BCUT2D eigenvalue weighted by Crippen LogP contribution is 2.36. The number of ether oxygens (including phenoxy) is 2. The third-order valence-electron chi connectivity index (χ3n) is 7.25. The van der Waals surface area contributed by atoms with Gasteiger partial charge in [0.2, 0.25) is 5.67 Å². The fourth-order valence-corrected chi connectivity index (χ4v) is 4.69. The Kier molecular flexibility index (Phi) is 12.4. The molecule has 0 bridgehead atoms. The van der Waals surface area contributed by atoms with E-state index in [9.17, 15) is 19.1 Å². The summed E-state index contributed by atoms with van der Waals surface area (Å²) in [4.78, 5) is 23.8. The van der Waals surface area contributed by atoms with Crippen LogP contribution in [0.15, 0.2) is 66.7 Å². The van der Waals surface area contributed by atoms with Crippen molar-refractivity contribution in [1.82, 2.24) is 0 Å². The van der Waals surface area contributed by atoms with Gasteiger partial charge in [-0.3, -0.25) is 0 Å². The van der Waals surface area contributed by atoms with E-state index in [2.05, 4.69) is 6.92 Å². The van der Waals surface area contributed by atoms with Gasteiger partial charge in [-0.15, -0.1) is 0 Å². The van der Waals surface area contributed by atoms with Crippen molar-refractivity contribution < 1.29 is 28.6 Å². The molecule has 0 fully saturated rings. The lowest BCUT2D eigenvalue weighted by atomic mass is 9.93. The van der Waals surface area contributed by atoms with Gasteiger partial charge < -0.3 is 14.6 Å². The second kappa shape index (κ2) is 15.9. The van der Waals surface area contributed by atoms with E-state index in [0.29, 0.717) is 13.0 Å². The van der Waals surface area contributed by atoms with Crippen molar-refractivity contribution in [3.05, 3.63) is 72.3 Å². The average molecular weight is 563 g/mol. The summed E-state index contributed by atoms with van der Waals surface area (Å²) in [7, 11) is 0. The lowest BCUT2D eigenvalue weighted by Gasteiger charge is -2.18. The van der Waals surface area contributed by atoms with Gasteiger partial charge in [0.05, 0.1) is 12.2 Å². The summed E-state index contributed by atoms with van der Waals surface area (Å²) in [5.74, 6) is -0.836. The highest BCUT2D eigenvalue weighted by molar-refractivity contribution is 5.90. The summed E-state index contributed by atoms with van der Waals surface area (Å²) in [6.45, 7) is 6.15. The molecule has 6 heteroatoms. The molecule has 3 rings (SSSR count). The lowest BCUT2D eigenvalue weighted by Crippen LogP contribution is -2.34. The molecule has 3 aromatic carbocycles. The first kappa shape index (κ1) is 31.9. The summed E-state index contributed by atoms with van der Waals surface area (Å²) in [6.07, 6.45) is 9.66. The number of hydrogen-bond acceptors (Lipinski definition) is 4. The van der Waals surface area contributed by atoms with Crippen molar-refractivity contribution in [3.63, 3.8) is 0 Å². The molecule has 0 saturated heterocycles. The van der Waals surface area contributed by atoms with Crippen LogP contribution in [0.5, 0.6) is 11.5 Å². The first-order valence-corrected chi connectivity index (χ1v) is 14.9. The Morgan fingerprint density at radius 3 is 1.95 bits per heavy atom. The van der Waals surface area contributed by atoms with E-state index in [4.69, 9.17) is 9.47 Å². The van der Waals surface area contributed by atoms with Crippen LogP contribution in [0.25, 0.3) is 22.3 Å². The molecule has 1 unspecified atom stereocenters. The summed E-state index contributed by atoms with van der Waals surface area (Å²) >= 11 is 0. The van der Waals surface area contributed by atoms with Gasteiger partial charge in [0.25, 0.3) is 0 Å². The third kappa shape index (κ3) is 9.73. The van der Waals surface area contributed by atoms with Gasteiger partial charge in [-0.2, -0.15) is 0 Å². The number of aromatic carboxylic acids is 1. The van der Waals surface area contributed by atoms with Gasteiger partial charge >= 0.3 is 11.9 Å². The maximum atomic E-state index is 14.9. The summed E-state index contributed by atoms with van der Waals surface area (Å²) in [5.41, 5.74) is 1.70. The molecule has 220 valence electrons. The van der Waals surface area contributed by atoms with Gasteiger partial charge in [-0.25, -0.2) is 14.0 Å². The molecule has 0 aliphatic carbocycles. The largest absolute Gasteiger partial charge is 0.494 e. The Bertz CT molecular complexity index is 1250. The SMILES string of the molecule is CCCCCCCCOc1ccc(-c2ccc(C(=O)O)cc2)c(-c2ccc(OC(=O)C(C)(F)CCCCC)cc2)c1. The van der Waals surface area contributed by atoms with Gasteiger partial charge in [-0.05, 0) is 84.8 Å². The minimum Gasteiger partial charge on any atom is -0.494 e. The van der Waals surface area contributed by atoms with Gasteiger partial charge in [0.1, 0.15) is 11.5 Å². The number of unbranched alkanes of at least 4 members (excludes halogenated alkanes) is 7. The number of carbonyl (C=O) groups is 2. The van der Waals surface area contributed by atoms with Crippen LogP contribution in [0.2, 0.25) is 0 Å². The maximum absolute atomic E-state index is 14.9. The van der Waals surface area contributed by atoms with E-state index in [1.165, 1.54) is 32.6 Å². The van der Waals surface area contributed by atoms with Crippen molar-refractivity contribution >= 4 is 11.9 Å². The minimum atomic E-state index is -2.04. The van der Waals surface area contributed by atoms with Crippen LogP contribution >= 0.6 is 0 Å². The number of carbonyl (C=O) groups excluding carboxylic acids is 1. The second-order valence-electron chi connectivity index (χ2n) is 10.8. The number of hydrogen-bond donors (Lipinski definition) is 1. The van der Waals surface area contributed by atoms with Crippen molar-refractivity contribution in [3.8, 4) is 33.8 Å². The topological polar surface area (TPSA) is 72.8 Å². The van der Waals surface area contributed by atoms with Crippen LogP contribution in [0.3, 0.4) is 0 Å². The summed E-state index contributed by atoms with van der Waals surface area (Å²) < 4.78 is 26.3. The van der Waals surface area contributed by atoms with E-state index < -0.39 is 17.6 Å². The van der Waals surface area contributed by atoms with E-state index in [0.717, 1.165) is 53.7 Å². The fourth-order valence-electron chi connectivity index (χ4n) is 4.69. The highest BCUT2D eigenvalue weighted by atomic mass is 19.1. The van der Waals surface area contributed by atoms with Crippen LogP contribution in [0.4, 0.5) is 4.39 Å². The number of benzene rings is 3. The van der Waals surface area contributed by atoms with Crippen molar-refractivity contribution in [2.24, 2.45) is 0 Å². The number of esters is 1. The molecule has 0 aliphatic rings. The molecule has 3 aromatic rings. The van der Waals surface area contributed by atoms with Gasteiger partial charge in [-0.1, -0.05) is 89.1 Å². The Morgan fingerprint density at radius 2 is 1.29 bits per heavy atom. The average Bonchev–Trinajstić information content (AvgIpc) is 2.97. The number of carboxylic acids is 1. The van der Waals surface area contributed by atoms with Crippen LogP contribution in [-0.2, 0) is 4.79 Å². The zero-order valence-electron chi connectivity index (χ0n) is 24.6. The first-order valence-electron chi connectivity index (χ1n) is 14.9. The standard InChI is InChI=1S/C35H43FO5/c1-4-6-8-9-10-12-24-40-30-21-22-31(26-13-15-28(16-14-26)33(37)38)32(25-30)27-17-19-29(20-18-27)41-34(39)35(3,36)23-11-7-5-2/h13-22,25H,4-12,23-24H2,1-3H3,(H,37,38). The number of alkyl halides is 1. The molecule has 0 radical (unpaired) electrons. The molecule has 1 atom stereocenters. The molecule has 0 heterocycles. The zero-order valence-corrected chi connectivity index (χ0v) is 24.6. The van der Waals surface area contributed by atoms with Crippen molar-refractivity contribution in [2.75, 3.05) is 6.61 Å². The maximum Gasteiger partial charge on any atom is 0.348 e. The smallest absolute Gasteiger partial charge is 0.348 e. The molecule has 0 aliphatic heterocycles. The number of rotatable bonds is 17. The Hall–Kier alpha value is -3.67. The fraction of sp³-hybridized carbons (Fsp3) is 0.429. The Morgan fingerprint density at radius 1 is 0.732 bits per heavy atom. The normalized spacial score (nSPS) is 12.5. The number of halogens is 1. The summed E-state index contributed by atoms with van der Waals surface area (Å²) in [6, 6.07) is 19.6. The van der Waals surface area contributed by atoms with E-state index >= 15 is 0 Å². The molecule has 41 heavy (non-hydrogen) atoms. The lowest BCUT2D eigenvalue weighted by molar-refractivity contribution is -0.147. The van der Waals surface area contributed by atoms with Crippen molar-refractivity contribution in [2.45, 2.75) is 90.6 Å². The monoisotopic (exact) mass is 562 g/mol. The quantitative estimate of drug-likeness (QED) is 0.101. The van der Waals surface area contributed by atoms with Crippen LogP contribution in [0, 0.1) is 0 Å². The molecule has 1 N–H and O–H groups in total. The minimum absolute atomic E-state index is 0.132. The molecule has 5 nitrogen and oxygen atoms in total. The molecule has 0 saturated carbocycles. The molecule has 0 aromatic heterocycles. The first-order chi connectivity index (χ1) is 19.7. The number of carboxylic acid groups (broad SMARTS) is 1. The molecular weight excluding hydrogens is 519 g/mol. The van der Waals surface area contributed by atoms with Crippen LogP contribution in [0.1, 0.15) is 95.3 Å².